The number of nitrogens with one attached hydrogen (secondary N) is 2. The Hall–Kier alpha value is -1.44. The molecule has 6 nitrogen and oxygen atoms in total. The number of ether oxygens (including phenoxy) is 2. The average Bonchev–Trinajstić information content (AvgIpc) is 2.65. The Balaban J connectivity index is 0.00000676. The fourth-order valence-corrected chi connectivity index (χ4v) is 2.08. The van der Waals surface area contributed by atoms with Crippen LogP contribution >= 0.6 is 24.0 Å². The third-order valence-corrected chi connectivity index (χ3v) is 3.48. The van der Waals surface area contributed by atoms with Gasteiger partial charge in [-0.3, -0.25) is 0 Å². The Morgan fingerprint density at radius 2 is 1.89 bits per heavy atom. The Labute approximate surface area is 178 Å². The van der Waals surface area contributed by atoms with E-state index >= 15 is 0 Å². The highest BCUT2D eigenvalue weighted by Crippen LogP contribution is 2.11. The molecule has 1 rings (SSSR count). The van der Waals surface area contributed by atoms with Crippen LogP contribution in [0.5, 0.6) is 0 Å². The molecule has 1 aromatic rings. The van der Waals surface area contributed by atoms with Gasteiger partial charge in [0.1, 0.15) is 5.82 Å². The van der Waals surface area contributed by atoms with Gasteiger partial charge in [0, 0.05) is 25.3 Å². The molecule has 1 aromatic carbocycles. The normalized spacial score (nSPS) is 10.8. The molecule has 0 aromatic heterocycles. The maximum absolute atomic E-state index is 13.8. The number of aliphatic imine (C=N–C) groups is 1. The summed E-state index contributed by atoms with van der Waals surface area (Å²) in [5.74, 6) is 0.215. The minimum absolute atomic E-state index is 0. The van der Waals surface area contributed by atoms with Crippen LogP contribution in [0.3, 0.4) is 0 Å². The molecule has 0 bridgehead atoms. The maximum atomic E-state index is 13.8. The smallest absolute Gasteiger partial charge is 0.191 e. The van der Waals surface area contributed by atoms with Gasteiger partial charge in [-0.05, 0) is 31.5 Å². The number of hydrogen-bond acceptors (Lipinski definition) is 4. The lowest BCUT2D eigenvalue weighted by molar-refractivity contribution is 0.0487. The van der Waals surface area contributed by atoms with Gasteiger partial charge in [0.25, 0.3) is 0 Å². The van der Waals surface area contributed by atoms with Crippen molar-refractivity contribution in [2.75, 3.05) is 39.5 Å². The van der Waals surface area contributed by atoms with Crippen molar-refractivity contribution < 1.29 is 13.9 Å². The molecule has 27 heavy (non-hydrogen) atoms. The highest BCUT2D eigenvalue weighted by molar-refractivity contribution is 14.0. The number of nitriles is 1. The minimum Gasteiger partial charge on any atom is -0.379 e. The first-order valence-corrected chi connectivity index (χ1v) is 9.07. The van der Waals surface area contributed by atoms with Gasteiger partial charge in [-0.1, -0.05) is 13.3 Å². The van der Waals surface area contributed by atoms with E-state index in [4.69, 9.17) is 14.7 Å². The fourth-order valence-electron chi connectivity index (χ4n) is 2.08. The zero-order valence-electron chi connectivity index (χ0n) is 16.1. The highest BCUT2D eigenvalue weighted by Gasteiger charge is 2.04. The Bertz CT molecular complexity index is 594. The first kappa shape index (κ1) is 25.6. The van der Waals surface area contributed by atoms with Gasteiger partial charge in [-0.2, -0.15) is 5.26 Å². The van der Waals surface area contributed by atoms with Crippen LogP contribution in [0.15, 0.2) is 23.2 Å². The van der Waals surface area contributed by atoms with Gasteiger partial charge < -0.3 is 20.1 Å². The van der Waals surface area contributed by atoms with Crippen molar-refractivity contribution in [2.24, 2.45) is 4.99 Å². The molecule has 0 aliphatic rings. The van der Waals surface area contributed by atoms with Crippen LogP contribution in [0.25, 0.3) is 0 Å². The van der Waals surface area contributed by atoms with Crippen LogP contribution in [0, 0.1) is 17.1 Å². The number of unbranched alkanes of at least 4 members (excludes halogenated alkanes) is 1. The lowest BCUT2D eigenvalue weighted by atomic mass is 10.1. The zero-order valence-corrected chi connectivity index (χ0v) is 18.4. The van der Waals surface area contributed by atoms with E-state index in [9.17, 15) is 4.39 Å². The van der Waals surface area contributed by atoms with Crippen molar-refractivity contribution in [1.82, 2.24) is 10.6 Å². The lowest BCUT2D eigenvalue weighted by Gasteiger charge is -2.12. The van der Waals surface area contributed by atoms with Crippen molar-refractivity contribution in [3.8, 4) is 6.07 Å². The third kappa shape index (κ3) is 11.8. The van der Waals surface area contributed by atoms with E-state index in [2.05, 4.69) is 22.5 Å². The average molecular weight is 492 g/mol. The van der Waals surface area contributed by atoms with Gasteiger partial charge in [0.05, 0.1) is 38.0 Å². The monoisotopic (exact) mass is 492 g/mol. The van der Waals surface area contributed by atoms with Gasteiger partial charge in [0.15, 0.2) is 5.96 Å². The summed E-state index contributed by atoms with van der Waals surface area (Å²) in [6.07, 6.45) is 2.20. The molecule has 152 valence electrons. The molecule has 0 heterocycles. The second-order valence-corrected chi connectivity index (χ2v) is 5.62. The summed E-state index contributed by atoms with van der Waals surface area (Å²) in [6.45, 7) is 7.98. The molecule has 0 saturated carbocycles. The van der Waals surface area contributed by atoms with Gasteiger partial charge in [-0.25, -0.2) is 9.38 Å². The second kappa shape index (κ2) is 16.7. The molecular formula is C19H30FIN4O2. The molecule has 0 saturated heterocycles. The Morgan fingerprint density at radius 1 is 1.15 bits per heavy atom. The Kier molecular flexibility index (Phi) is 15.8. The molecule has 0 fully saturated rings. The number of halogens is 2. The SMILES string of the molecule is CCCCOCCOCCNC(=NCc1cc(C#N)ccc1F)NCC.I. The first-order chi connectivity index (χ1) is 12.7. The topological polar surface area (TPSA) is 78.7 Å². The standard InChI is InChI=1S/C19H29FN4O2.HI/c1-3-5-9-25-11-12-26-10-8-23-19(22-4-2)24-15-17-13-16(14-21)6-7-18(17)20;/h6-7,13H,3-5,8-12,15H2,1-2H3,(H2,22,23,24);1H. The molecule has 0 aliphatic carbocycles. The molecule has 0 aliphatic heterocycles. The van der Waals surface area contributed by atoms with Crippen LogP contribution in [0.2, 0.25) is 0 Å². The summed E-state index contributed by atoms with van der Waals surface area (Å²) in [7, 11) is 0. The van der Waals surface area contributed by atoms with Gasteiger partial charge >= 0.3 is 0 Å². The summed E-state index contributed by atoms with van der Waals surface area (Å²) < 4.78 is 24.7. The summed E-state index contributed by atoms with van der Waals surface area (Å²) in [5, 5.41) is 15.1. The van der Waals surface area contributed by atoms with E-state index in [1.165, 1.54) is 18.2 Å². The van der Waals surface area contributed by atoms with Crippen molar-refractivity contribution in [1.29, 1.82) is 5.26 Å². The van der Waals surface area contributed by atoms with E-state index in [0.717, 1.165) is 19.4 Å². The largest absolute Gasteiger partial charge is 0.379 e. The summed E-state index contributed by atoms with van der Waals surface area (Å²) >= 11 is 0. The van der Waals surface area contributed by atoms with Gasteiger partial charge in [0.2, 0.25) is 0 Å². The first-order valence-electron chi connectivity index (χ1n) is 9.07. The predicted octanol–water partition coefficient (Wildman–Crippen LogP) is 3.20. The zero-order chi connectivity index (χ0) is 19.0. The molecule has 0 radical (unpaired) electrons. The van der Waals surface area contributed by atoms with Crippen molar-refractivity contribution >= 4 is 29.9 Å². The van der Waals surface area contributed by atoms with Gasteiger partial charge in [-0.15, -0.1) is 24.0 Å². The van der Waals surface area contributed by atoms with Crippen LogP contribution in [-0.2, 0) is 16.0 Å². The van der Waals surface area contributed by atoms with E-state index in [-0.39, 0.29) is 36.3 Å². The molecule has 2 N–H and O–H groups in total. The molecule has 0 amide bonds. The summed E-state index contributed by atoms with van der Waals surface area (Å²) in [4.78, 5) is 4.35. The molecule has 0 unspecified atom stereocenters. The molecule has 8 heteroatoms. The van der Waals surface area contributed by atoms with E-state index < -0.39 is 0 Å². The second-order valence-electron chi connectivity index (χ2n) is 5.62. The van der Waals surface area contributed by atoms with Crippen LogP contribution in [-0.4, -0.2) is 45.5 Å². The van der Waals surface area contributed by atoms with Crippen molar-refractivity contribution in [3.05, 3.63) is 35.1 Å². The number of nitrogens with zero attached hydrogens (tertiary/aromatic N) is 2. The van der Waals surface area contributed by atoms with E-state index in [0.29, 0.717) is 50.0 Å². The Morgan fingerprint density at radius 3 is 2.56 bits per heavy atom. The maximum Gasteiger partial charge on any atom is 0.191 e. The third-order valence-electron chi connectivity index (χ3n) is 3.48. The van der Waals surface area contributed by atoms with Crippen LogP contribution < -0.4 is 10.6 Å². The minimum atomic E-state index is -0.366. The molecular weight excluding hydrogens is 462 g/mol. The molecule has 0 spiro atoms. The van der Waals surface area contributed by atoms with Crippen LogP contribution in [0.4, 0.5) is 4.39 Å². The number of guanidine groups is 1. The lowest BCUT2D eigenvalue weighted by Crippen LogP contribution is -2.39. The van der Waals surface area contributed by atoms with Crippen molar-refractivity contribution in [3.63, 3.8) is 0 Å². The summed E-state index contributed by atoms with van der Waals surface area (Å²) in [5.41, 5.74) is 0.811. The summed E-state index contributed by atoms with van der Waals surface area (Å²) in [6, 6.07) is 6.27. The fraction of sp³-hybridized carbons (Fsp3) is 0.579. The number of benzene rings is 1. The number of rotatable bonds is 12. The predicted molar refractivity (Wildman–Crippen MR) is 116 cm³/mol. The number of hydrogen-bond donors (Lipinski definition) is 2. The van der Waals surface area contributed by atoms with E-state index in [1.807, 2.05) is 13.0 Å². The highest BCUT2D eigenvalue weighted by atomic mass is 127. The van der Waals surface area contributed by atoms with Crippen molar-refractivity contribution in [2.45, 2.75) is 33.2 Å². The van der Waals surface area contributed by atoms with Crippen LogP contribution in [0.1, 0.15) is 37.8 Å². The quantitative estimate of drug-likeness (QED) is 0.203. The van der Waals surface area contributed by atoms with E-state index in [1.54, 1.807) is 0 Å². The molecule has 0 atom stereocenters.